The Kier molecular flexibility index (Phi) is 4.13. The highest BCUT2D eigenvalue weighted by Gasteiger charge is 2.17. The van der Waals surface area contributed by atoms with Crippen LogP contribution in [0.1, 0.15) is 0 Å². The molecule has 19 heavy (non-hydrogen) atoms. The number of halogens is 1. The fourth-order valence-corrected chi connectivity index (χ4v) is 1.85. The van der Waals surface area contributed by atoms with Crippen LogP contribution in [0.25, 0.3) is 5.69 Å². The van der Waals surface area contributed by atoms with E-state index in [2.05, 4.69) is 15.4 Å². The molecule has 0 fully saturated rings. The number of anilines is 1. The zero-order chi connectivity index (χ0) is 13.8. The smallest absolute Gasteiger partial charge is 0.240 e. The Hall–Kier alpha value is -1.92. The van der Waals surface area contributed by atoms with Crippen molar-refractivity contribution in [3.05, 3.63) is 35.9 Å². The first-order valence-electron chi connectivity index (χ1n) is 5.70. The number of amides is 1. The first-order valence-corrected chi connectivity index (χ1v) is 6.08. The molecule has 0 bridgehead atoms. The molecular weight excluding hydrogens is 266 g/mol. The van der Waals surface area contributed by atoms with Gasteiger partial charge in [0.25, 0.3) is 0 Å². The predicted octanol–water partition coefficient (Wildman–Crippen LogP) is 1.10. The summed E-state index contributed by atoms with van der Waals surface area (Å²) in [6.45, 7) is 0.241. The number of hydrogen-bond donors (Lipinski definition) is 1. The van der Waals surface area contributed by atoms with Crippen molar-refractivity contribution < 1.29 is 4.79 Å². The third-order valence-corrected chi connectivity index (χ3v) is 2.89. The summed E-state index contributed by atoms with van der Waals surface area (Å²) in [7, 11) is 3.38. The Bertz CT molecular complexity index is 569. The molecule has 0 aromatic carbocycles. The molecule has 2 heterocycles. The predicted molar refractivity (Wildman–Crippen MR) is 73.7 cm³/mol. The Labute approximate surface area is 116 Å². The molecule has 1 N–H and O–H groups in total. The summed E-state index contributed by atoms with van der Waals surface area (Å²) < 4.78 is 1.59. The zero-order valence-corrected chi connectivity index (χ0v) is 11.4. The molecule has 0 radical (unpaired) electrons. The quantitative estimate of drug-likeness (QED) is 0.910. The maximum atomic E-state index is 11.8. The van der Waals surface area contributed by atoms with Crippen molar-refractivity contribution >= 4 is 23.2 Å². The number of aromatic nitrogens is 3. The molecule has 0 aliphatic rings. The molecule has 0 saturated heterocycles. The molecule has 6 nitrogen and oxygen atoms in total. The summed E-state index contributed by atoms with van der Waals surface area (Å²) in [4.78, 5) is 17.3. The summed E-state index contributed by atoms with van der Waals surface area (Å²) in [5.41, 5.74) is 1.34. The van der Waals surface area contributed by atoms with Gasteiger partial charge in [0.15, 0.2) is 5.15 Å². The lowest BCUT2D eigenvalue weighted by Gasteiger charge is -2.14. The summed E-state index contributed by atoms with van der Waals surface area (Å²) in [6.07, 6.45) is 5.05. The second-order valence-corrected chi connectivity index (χ2v) is 4.30. The number of nitrogens with zero attached hydrogens (tertiary/aromatic N) is 4. The van der Waals surface area contributed by atoms with E-state index in [1.165, 1.54) is 4.90 Å². The lowest BCUT2D eigenvalue weighted by molar-refractivity contribution is -0.117. The van der Waals surface area contributed by atoms with Crippen molar-refractivity contribution in [3.8, 4) is 5.69 Å². The molecule has 2 aromatic rings. The van der Waals surface area contributed by atoms with E-state index >= 15 is 0 Å². The minimum absolute atomic E-state index is 0.0878. The van der Waals surface area contributed by atoms with Gasteiger partial charge in [-0.15, -0.1) is 0 Å². The molecule has 0 atom stereocenters. The molecule has 2 aromatic heterocycles. The maximum Gasteiger partial charge on any atom is 0.240 e. The summed E-state index contributed by atoms with van der Waals surface area (Å²) in [5.74, 6) is -0.0878. The lowest BCUT2D eigenvalue weighted by Crippen LogP contribution is -2.34. The van der Waals surface area contributed by atoms with E-state index in [1.54, 1.807) is 43.4 Å². The second-order valence-electron chi connectivity index (χ2n) is 3.94. The summed E-state index contributed by atoms with van der Waals surface area (Å²) in [5, 5.41) is 7.25. The Morgan fingerprint density at radius 1 is 1.58 bits per heavy atom. The van der Waals surface area contributed by atoms with Crippen LogP contribution >= 0.6 is 11.6 Å². The third-order valence-electron chi connectivity index (χ3n) is 2.63. The van der Waals surface area contributed by atoms with E-state index in [1.807, 2.05) is 6.07 Å². The summed E-state index contributed by atoms with van der Waals surface area (Å²) >= 11 is 6.07. The van der Waals surface area contributed by atoms with Crippen LogP contribution in [0.5, 0.6) is 0 Å². The Balaban J connectivity index is 2.29. The van der Waals surface area contributed by atoms with Crippen molar-refractivity contribution in [2.45, 2.75) is 0 Å². The number of nitrogens with one attached hydrogen (secondary N) is 1. The van der Waals surface area contributed by atoms with Crippen molar-refractivity contribution in [3.63, 3.8) is 0 Å². The topological polar surface area (TPSA) is 63.1 Å². The number of rotatable bonds is 4. The lowest BCUT2D eigenvalue weighted by atomic mass is 10.4. The second kappa shape index (κ2) is 5.81. The first kappa shape index (κ1) is 13.5. The normalized spacial score (nSPS) is 10.5. The van der Waals surface area contributed by atoms with Gasteiger partial charge in [0.1, 0.15) is 5.69 Å². The highest BCUT2D eigenvalue weighted by molar-refractivity contribution is 6.32. The van der Waals surface area contributed by atoms with Gasteiger partial charge in [0, 0.05) is 13.2 Å². The number of carbonyl (C=O) groups excluding carboxylic acids is 1. The number of pyridine rings is 1. The van der Waals surface area contributed by atoms with Gasteiger partial charge in [0.2, 0.25) is 5.91 Å². The summed E-state index contributed by atoms with van der Waals surface area (Å²) in [6, 6.07) is 3.66. The molecular formula is C12H14ClN5O. The van der Waals surface area contributed by atoms with Crippen molar-refractivity contribution in [2.75, 3.05) is 25.5 Å². The average molecular weight is 280 g/mol. The minimum atomic E-state index is -0.0878. The largest absolute Gasteiger partial charge is 0.311 e. The van der Waals surface area contributed by atoms with Crippen LogP contribution in [0.2, 0.25) is 5.15 Å². The van der Waals surface area contributed by atoms with E-state index in [0.717, 1.165) is 5.69 Å². The average Bonchev–Trinajstić information content (AvgIpc) is 2.81. The van der Waals surface area contributed by atoms with Gasteiger partial charge in [-0.3, -0.25) is 9.78 Å². The standard InChI is InChI=1S/C12H14ClN5O/c1-14-7-11(19)17(2)10-8-18(16-12(10)13)9-4-3-5-15-6-9/h3-6,8,14H,7H2,1-2H3. The van der Waals surface area contributed by atoms with Crippen LogP contribution in [0, 0.1) is 0 Å². The molecule has 7 heteroatoms. The monoisotopic (exact) mass is 279 g/mol. The van der Waals surface area contributed by atoms with Gasteiger partial charge < -0.3 is 10.2 Å². The molecule has 0 aliphatic carbocycles. The number of likely N-dealkylation sites (N-methyl/N-ethyl adjacent to an activating group) is 2. The van der Waals surface area contributed by atoms with Crippen LogP contribution in [-0.2, 0) is 4.79 Å². The van der Waals surface area contributed by atoms with Crippen LogP contribution in [0.15, 0.2) is 30.7 Å². The molecule has 100 valence electrons. The van der Waals surface area contributed by atoms with Crippen LogP contribution in [-0.4, -0.2) is 41.3 Å². The first-order chi connectivity index (χ1) is 9.13. The van der Waals surface area contributed by atoms with Gasteiger partial charge >= 0.3 is 0 Å². The molecule has 2 rings (SSSR count). The maximum absolute atomic E-state index is 11.8. The van der Waals surface area contributed by atoms with Crippen LogP contribution in [0.3, 0.4) is 0 Å². The third kappa shape index (κ3) is 2.91. The van der Waals surface area contributed by atoms with E-state index < -0.39 is 0 Å². The van der Waals surface area contributed by atoms with E-state index in [9.17, 15) is 4.79 Å². The molecule has 0 saturated carbocycles. The minimum Gasteiger partial charge on any atom is -0.311 e. The van der Waals surface area contributed by atoms with Crippen LogP contribution in [0.4, 0.5) is 5.69 Å². The Morgan fingerprint density at radius 3 is 3.00 bits per heavy atom. The molecule has 0 spiro atoms. The fraction of sp³-hybridized carbons (Fsp3) is 0.250. The van der Waals surface area contributed by atoms with Gasteiger partial charge in [-0.1, -0.05) is 11.6 Å². The van der Waals surface area contributed by atoms with E-state index in [0.29, 0.717) is 5.69 Å². The van der Waals surface area contributed by atoms with Gasteiger partial charge in [0.05, 0.1) is 24.6 Å². The fourth-order valence-electron chi connectivity index (χ4n) is 1.59. The Morgan fingerprint density at radius 2 is 2.37 bits per heavy atom. The number of carbonyl (C=O) groups is 1. The van der Waals surface area contributed by atoms with E-state index in [-0.39, 0.29) is 17.6 Å². The van der Waals surface area contributed by atoms with Crippen molar-refractivity contribution in [2.24, 2.45) is 0 Å². The number of hydrogen-bond acceptors (Lipinski definition) is 4. The van der Waals surface area contributed by atoms with Gasteiger partial charge in [-0.2, -0.15) is 5.10 Å². The van der Waals surface area contributed by atoms with Gasteiger partial charge in [-0.25, -0.2) is 4.68 Å². The SMILES string of the molecule is CNCC(=O)N(C)c1cn(-c2cccnc2)nc1Cl. The zero-order valence-electron chi connectivity index (χ0n) is 10.7. The van der Waals surface area contributed by atoms with Crippen molar-refractivity contribution in [1.29, 1.82) is 0 Å². The molecule has 0 unspecified atom stereocenters. The van der Waals surface area contributed by atoms with Crippen molar-refractivity contribution in [1.82, 2.24) is 20.1 Å². The highest BCUT2D eigenvalue weighted by atomic mass is 35.5. The molecule has 1 amide bonds. The highest BCUT2D eigenvalue weighted by Crippen LogP contribution is 2.24. The molecule has 0 aliphatic heterocycles. The van der Waals surface area contributed by atoms with Crippen LogP contribution < -0.4 is 10.2 Å². The van der Waals surface area contributed by atoms with Gasteiger partial charge in [-0.05, 0) is 19.2 Å². The van der Waals surface area contributed by atoms with E-state index in [4.69, 9.17) is 11.6 Å².